The molecule has 0 amide bonds. The monoisotopic (exact) mass is 470 g/mol. The van der Waals surface area contributed by atoms with Crippen LogP contribution >= 0.6 is 0 Å². The van der Waals surface area contributed by atoms with Crippen LogP contribution in [0.25, 0.3) is 10.9 Å². The molecule has 4 aromatic rings. The van der Waals surface area contributed by atoms with Crippen molar-refractivity contribution < 1.29 is 26.7 Å². The number of anilines is 1. The lowest BCUT2D eigenvalue weighted by molar-refractivity contribution is -0.137. The van der Waals surface area contributed by atoms with Gasteiger partial charge in [-0.25, -0.2) is 23.7 Å². The Bertz CT molecular complexity index is 1380. The third-order valence-corrected chi connectivity index (χ3v) is 4.60. The van der Waals surface area contributed by atoms with Gasteiger partial charge < -0.3 is 10.1 Å². The van der Waals surface area contributed by atoms with Crippen molar-refractivity contribution in [2.45, 2.75) is 12.6 Å². The SMILES string of the molecule is Fc1ccc(F)c2c(NCCC#Cc3ccc(Oc4cc(C(F)(F)F)ccn4)cc3)ncnc12. The van der Waals surface area contributed by atoms with Crippen LogP contribution in [-0.2, 0) is 6.18 Å². The van der Waals surface area contributed by atoms with Crippen LogP contribution in [0, 0.1) is 23.5 Å². The zero-order valence-electron chi connectivity index (χ0n) is 17.3. The number of hydrogen-bond donors (Lipinski definition) is 1. The first-order valence-electron chi connectivity index (χ1n) is 9.94. The highest BCUT2D eigenvalue weighted by Crippen LogP contribution is 2.31. The van der Waals surface area contributed by atoms with E-state index in [4.69, 9.17) is 4.74 Å². The number of nitrogens with zero attached hydrogens (tertiary/aromatic N) is 3. The molecule has 172 valence electrons. The van der Waals surface area contributed by atoms with Crippen LogP contribution in [0.3, 0.4) is 0 Å². The predicted molar refractivity (Wildman–Crippen MR) is 115 cm³/mol. The molecule has 0 saturated heterocycles. The van der Waals surface area contributed by atoms with Crippen LogP contribution in [0.5, 0.6) is 11.6 Å². The lowest BCUT2D eigenvalue weighted by Crippen LogP contribution is -2.05. The van der Waals surface area contributed by atoms with E-state index in [9.17, 15) is 22.0 Å². The Morgan fingerprint density at radius 3 is 2.44 bits per heavy atom. The van der Waals surface area contributed by atoms with E-state index in [0.29, 0.717) is 24.3 Å². The van der Waals surface area contributed by atoms with E-state index in [1.807, 2.05) is 0 Å². The molecule has 0 bridgehead atoms. The number of aromatic nitrogens is 3. The lowest BCUT2D eigenvalue weighted by atomic mass is 10.2. The summed E-state index contributed by atoms with van der Waals surface area (Å²) in [5.74, 6) is 4.91. The number of rotatable bonds is 5. The summed E-state index contributed by atoms with van der Waals surface area (Å²) in [5, 5.41) is 2.90. The fourth-order valence-electron chi connectivity index (χ4n) is 3.01. The standard InChI is InChI=1S/C24H15F5N4O/c25-18-8-9-19(26)22-21(18)23(33-14-32-22)31-11-2-1-3-15-4-6-17(7-5-15)34-20-13-16(10-12-30-20)24(27,28)29/h4-10,12-14H,2,11H2,(H,31,32,33). The number of benzene rings is 2. The Morgan fingerprint density at radius 2 is 1.68 bits per heavy atom. The van der Waals surface area contributed by atoms with E-state index in [1.54, 1.807) is 24.3 Å². The zero-order chi connectivity index (χ0) is 24.1. The summed E-state index contributed by atoms with van der Waals surface area (Å²) in [7, 11) is 0. The van der Waals surface area contributed by atoms with Crippen molar-refractivity contribution >= 4 is 16.7 Å². The summed E-state index contributed by atoms with van der Waals surface area (Å²) in [4.78, 5) is 11.5. The lowest BCUT2D eigenvalue weighted by Gasteiger charge is -2.09. The second kappa shape index (κ2) is 9.70. The van der Waals surface area contributed by atoms with E-state index in [2.05, 4.69) is 32.1 Å². The van der Waals surface area contributed by atoms with Crippen LogP contribution in [0.15, 0.2) is 61.1 Å². The first kappa shape index (κ1) is 22.9. The first-order valence-corrected chi connectivity index (χ1v) is 9.94. The van der Waals surface area contributed by atoms with Crippen LogP contribution in [-0.4, -0.2) is 21.5 Å². The van der Waals surface area contributed by atoms with Gasteiger partial charge in [-0.15, -0.1) is 0 Å². The quantitative estimate of drug-likeness (QED) is 0.221. The van der Waals surface area contributed by atoms with Crippen molar-refractivity contribution in [3.8, 4) is 23.5 Å². The topological polar surface area (TPSA) is 59.9 Å². The van der Waals surface area contributed by atoms with Gasteiger partial charge in [0.2, 0.25) is 5.88 Å². The molecule has 0 radical (unpaired) electrons. The third-order valence-electron chi connectivity index (χ3n) is 4.60. The number of ether oxygens (including phenoxy) is 1. The van der Waals surface area contributed by atoms with Gasteiger partial charge >= 0.3 is 6.18 Å². The molecule has 0 aliphatic rings. The van der Waals surface area contributed by atoms with Crippen molar-refractivity contribution in [2.75, 3.05) is 11.9 Å². The minimum Gasteiger partial charge on any atom is -0.439 e. The molecule has 0 unspecified atom stereocenters. The van der Waals surface area contributed by atoms with Crippen LogP contribution in [0.4, 0.5) is 27.8 Å². The van der Waals surface area contributed by atoms with Crippen molar-refractivity contribution in [2.24, 2.45) is 0 Å². The molecule has 10 heteroatoms. The smallest absolute Gasteiger partial charge is 0.416 e. The number of halogens is 5. The van der Waals surface area contributed by atoms with E-state index < -0.39 is 23.4 Å². The van der Waals surface area contributed by atoms with E-state index in [0.717, 1.165) is 36.8 Å². The van der Waals surface area contributed by atoms with Crippen molar-refractivity contribution in [3.05, 3.63) is 83.8 Å². The molecule has 34 heavy (non-hydrogen) atoms. The minimum atomic E-state index is -4.49. The largest absolute Gasteiger partial charge is 0.439 e. The van der Waals surface area contributed by atoms with Gasteiger partial charge in [-0.05, 0) is 42.5 Å². The highest BCUT2D eigenvalue weighted by molar-refractivity contribution is 5.89. The molecule has 0 fully saturated rings. The van der Waals surface area contributed by atoms with Crippen LogP contribution in [0.1, 0.15) is 17.5 Å². The Balaban J connectivity index is 1.35. The summed E-state index contributed by atoms with van der Waals surface area (Å²) in [6.45, 7) is 0.331. The number of fused-ring (bicyclic) bond motifs is 1. The van der Waals surface area contributed by atoms with Gasteiger partial charge in [0.1, 0.15) is 35.0 Å². The molecule has 0 atom stereocenters. The van der Waals surface area contributed by atoms with Crippen molar-refractivity contribution in [1.29, 1.82) is 0 Å². The molecule has 0 spiro atoms. The Morgan fingerprint density at radius 1 is 0.912 bits per heavy atom. The number of hydrogen-bond acceptors (Lipinski definition) is 5. The van der Waals surface area contributed by atoms with E-state index in [-0.39, 0.29) is 22.6 Å². The molecule has 0 aliphatic heterocycles. The van der Waals surface area contributed by atoms with Crippen molar-refractivity contribution in [3.63, 3.8) is 0 Å². The average molecular weight is 470 g/mol. The van der Waals surface area contributed by atoms with Gasteiger partial charge in [-0.1, -0.05) is 11.8 Å². The van der Waals surface area contributed by atoms with E-state index >= 15 is 0 Å². The maximum atomic E-state index is 14.1. The molecule has 0 saturated carbocycles. The summed E-state index contributed by atoms with van der Waals surface area (Å²) < 4.78 is 71.7. The van der Waals surface area contributed by atoms with Gasteiger partial charge in [0.25, 0.3) is 0 Å². The summed E-state index contributed by atoms with van der Waals surface area (Å²) in [5.41, 5.74) is -0.299. The number of nitrogens with one attached hydrogen (secondary N) is 1. The van der Waals surface area contributed by atoms with E-state index in [1.165, 1.54) is 0 Å². The van der Waals surface area contributed by atoms with Crippen LogP contribution in [0.2, 0.25) is 0 Å². The first-order chi connectivity index (χ1) is 16.3. The molecular weight excluding hydrogens is 455 g/mol. The number of pyridine rings is 1. The second-order valence-corrected chi connectivity index (χ2v) is 6.96. The average Bonchev–Trinajstić information content (AvgIpc) is 2.82. The van der Waals surface area contributed by atoms with Gasteiger partial charge in [0, 0.05) is 30.8 Å². The second-order valence-electron chi connectivity index (χ2n) is 6.96. The highest BCUT2D eigenvalue weighted by Gasteiger charge is 2.31. The zero-order valence-corrected chi connectivity index (χ0v) is 17.3. The van der Waals surface area contributed by atoms with Crippen molar-refractivity contribution in [1.82, 2.24) is 15.0 Å². The molecular formula is C24H15F5N4O. The molecule has 0 aliphatic carbocycles. The van der Waals surface area contributed by atoms with Gasteiger partial charge in [0.05, 0.1) is 10.9 Å². The Hall–Kier alpha value is -4.26. The number of alkyl halides is 3. The third kappa shape index (κ3) is 5.38. The fourth-order valence-corrected chi connectivity index (χ4v) is 3.01. The minimum absolute atomic E-state index is 0.0266. The molecule has 2 aromatic carbocycles. The normalized spacial score (nSPS) is 11.1. The highest BCUT2D eigenvalue weighted by atomic mass is 19.4. The van der Waals surface area contributed by atoms with Gasteiger partial charge in [-0.2, -0.15) is 13.2 Å². The fraction of sp³-hybridized carbons (Fsp3) is 0.125. The Labute approximate surface area is 190 Å². The maximum absolute atomic E-state index is 14.1. The molecule has 5 nitrogen and oxygen atoms in total. The molecule has 2 heterocycles. The van der Waals surface area contributed by atoms with Gasteiger partial charge in [0.15, 0.2) is 0 Å². The van der Waals surface area contributed by atoms with Crippen LogP contribution < -0.4 is 10.1 Å². The summed E-state index contributed by atoms with van der Waals surface area (Å²) in [6, 6.07) is 10.1. The maximum Gasteiger partial charge on any atom is 0.416 e. The molecule has 4 rings (SSSR count). The molecule has 1 N–H and O–H groups in total. The molecule has 2 aromatic heterocycles. The Kier molecular flexibility index (Phi) is 6.54. The summed E-state index contributed by atoms with van der Waals surface area (Å²) in [6.07, 6.45) is -1.92. The van der Waals surface area contributed by atoms with Gasteiger partial charge in [-0.3, -0.25) is 0 Å². The predicted octanol–water partition coefficient (Wildman–Crippen LogP) is 5.97. The summed E-state index contributed by atoms with van der Waals surface area (Å²) >= 11 is 0.